The van der Waals surface area contributed by atoms with Crippen molar-refractivity contribution in [3.8, 4) is 0 Å². The maximum absolute atomic E-state index is 12.2. The Morgan fingerprint density at radius 2 is 1.96 bits per heavy atom. The summed E-state index contributed by atoms with van der Waals surface area (Å²) in [6.07, 6.45) is 1.83. The third-order valence-electron chi connectivity index (χ3n) is 3.56. The monoisotopic (exact) mass is 379 g/mol. The maximum Gasteiger partial charge on any atom is 0.305 e. The lowest BCUT2D eigenvalue weighted by Crippen LogP contribution is -2.21. The summed E-state index contributed by atoms with van der Waals surface area (Å²) in [6.45, 7) is 0. The van der Waals surface area contributed by atoms with Crippen molar-refractivity contribution in [3.63, 3.8) is 0 Å². The number of halogens is 1. The van der Waals surface area contributed by atoms with E-state index in [1.54, 1.807) is 0 Å². The van der Waals surface area contributed by atoms with Crippen LogP contribution < -0.4 is 0 Å². The molecule has 0 spiro atoms. The molecule has 1 aromatic carbocycles. The van der Waals surface area contributed by atoms with Crippen LogP contribution in [0.25, 0.3) is 0 Å². The van der Waals surface area contributed by atoms with Gasteiger partial charge >= 0.3 is 5.97 Å². The van der Waals surface area contributed by atoms with Gasteiger partial charge in [0.05, 0.1) is 30.5 Å². The molecule has 1 saturated carbocycles. The zero-order valence-electron chi connectivity index (χ0n) is 12.8. The molecule has 5 nitrogen and oxygen atoms in total. The Morgan fingerprint density at radius 1 is 1.26 bits per heavy atom. The molecule has 1 fully saturated rings. The van der Waals surface area contributed by atoms with Crippen LogP contribution in [0.4, 0.5) is 5.69 Å². The van der Waals surface area contributed by atoms with Crippen molar-refractivity contribution in [2.24, 2.45) is 4.99 Å². The number of nitrogens with zero attached hydrogens (tertiary/aromatic N) is 1. The summed E-state index contributed by atoms with van der Waals surface area (Å²) >= 11 is 3.36. The van der Waals surface area contributed by atoms with Crippen molar-refractivity contribution >= 4 is 39.1 Å². The SMILES string of the molecule is COC(=O)CCC(O)=C1C(=O)CCCC1=Nc1ccc(Br)cc1. The molecular formula is C17H18BrNO4. The van der Waals surface area contributed by atoms with Crippen LogP contribution in [0.2, 0.25) is 0 Å². The number of rotatable bonds is 4. The first-order valence-corrected chi connectivity index (χ1v) is 8.16. The maximum atomic E-state index is 12.2. The van der Waals surface area contributed by atoms with Crippen molar-refractivity contribution in [2.45, 2.75) is 32.1 Å². The molecule has 0 bridgehead atoms. The van der Waals surface area contributed by atoms with Gasteiger partial charge < -0.3 is 9.84 Å². The Bertz CT molecular complexity index is 662. The summed E-state index contributed by atoms with van der Waals surface area (Å²) in [5.41, 5.74) is 1.55. The van der Waals surface area contributed by atoms with Gasteiger partial charge in [-0.05, 0) is 37.1 Å². The van der Waals surface area contributed by atoms with Gasteiger partial charge in [-0.25, -0.2) is 0 Å². The number of ketones is 1. The number of aliphatic hydroxyl groups excluding tert-OH is 1. The molecule has 1 aromatic rings. The van der Waals surface area contributed by atoms with Gasteiger partial charge in [0.25, 0.3) is 0 Å². The lowest BCUT2D eigenvalue weighted by atomic mass is 9.89. The molecule has 1 aliphatic rings. The van der Waals surface area contributed by atoms with Crippen LogP contribution in [0.3, 0.4) is 0 Å². The number of hydrogen-bond acceptors (Lipinski definition) is 5. The van der Waals surface area contributed by atoms with Crippen molar-refractivity contribution < 1.29 is 19.4 Å². The number of carbonyl (C=O) groups excluding carboxylic acids is 2. The Kier molecular flexibility index (Phi) is 6.10. The second kappa shape index (κ2) is 8.06. The normalized spacial score (nSPS) is 18.9. The van der Waals surface area contributed by atoms with Crippen molar-refractivity contribution in [1.82, 2.24) is 0 Å². The highest BCUT2D eigenvalue weighted by molar-refractivity contribution is 9.10. The molecular weight excluding hydrogens is 362 g/mol. The third kappa shape index (κ3) is 4.76. The number of benzene rings is 1. The average Bonchev–Trinajstić information content (AvgIpc) is 2.54. The van der Waals surface area contributed by atoms with Gasteiger partial charge in [-0.2, -0.15) is 0 Å². The minimum absolute atomic E-state index is 0.0324. The summed E-state index contributed by atoms with van der Waals surface area (Å²) in [4.78, 5) is 27.9. The third-order valence-corrected chi connectivity index (χ3v) is 4.09. The van der Waals surface area contributed by atoms with Crippen LogP contribution in [0.15, 0.2) is 45.1 Å². The number of Topliss-reactive ketones (excluding diaryl/α,β-unsaturated/α-hetero) is 1. The van der Waals surface area contributed by atoms with Crippen molar-refractivity contribution in [2.75, 3.05) is 7.11 Å². The number of allylic oxidation sites excluding steroid dienone is 2. The molecule has 1 aliphatic carbocycles. The standard InChI is InChI=1S/C17H18BrNO4/c1-23-16(22)10-9-15(21)17-13(3-2-4-14(17)20)19-12-7-5-11(18)6-8-12/h5-8,21H,2-4,9-10H2,1H3. The lowest BCUT2D eigenvalue weighted by Gasteiger charge is -2.17. The number of aliphatic imine (C=N–C) groups is 1. The highest BCUT2D eigenvalue weighted by Crippen LogP contribution is 2.26. The molecule has 23 heavy (non-hydrogen) atoms. The quantitative estimate of drug-likeness (QED) is 0.486. The van der Waals surface area contributed by atoms with Gasteiger partial charge in [-0.15, -0.1) is 0 Å². The molecule has 0 atom stereocenters. The number of hydrogen-bond donors (Lipinski definition) is 1. The van der Waals surface area contributed by atoms with Gasteiger partial charge in [0.1, 0.15) is 5.76 Å². The molecule has 1 N–H and O–H groups in total. The van der Waals surface area contributed by atoms with Crippen LogP contribution in [0, 0.1) is 0 Å². The van der Waals surface area contributed by atoms with Crippen molar-refractivity contribution in [1.29, 1.82) is 0 Å². The number of esters is 1. The molecule has 122 valence electrons. The van der Waals surface area contributed by atoms with E-state index >= 15 is 0 Å². The topological polar surface area (TPSA) is 76.0 Å². The van der Waals surface area contributed by atoms with Gasteiger partial charge in [-0.3, -0.25) is 14.6 Å². The summed E-state index contributed by atoms with van der Waals surface area (Å²) in [5.74, 6) is -0.641. The Morgan fingerprint density at radius 3 is 2.61 bits per heavy atom. The predicted octanol–water partition coefficient (Wildman–Crippen LogP) is 4.04. The highest BCUT2D eigenvalue weighted by Gasteiger charge is 2.25. The van der Waals surface area contributed by atoms with E-state index in [9.17, 15) is 14.7 Å². The average molecular weight is 380 g/mol. The Balaban J connectivity index is 2.29. The molecule has 0 radical (unpaired) electrons. The van der Waals surface area contributed by atoms with Crippen LogP contribution in [-0.2, 0) is 14.3 Å². The molecule has 0 aliphatic heterocycles. The minimum atomic E-state index is -0.424. The summed E-state index contributed by atoms with van der Waals surface area (Å²) < 4.78 is 5.50. The largest absolute Gasteiger partial charge is 0.511 e. The second-order valence-corrected chi connectivity index (χ2v) is 6.13. The van der Waals surface area contributed by atoms with Gasteiger partial charge in [0.15, 0.2) is 5.78 Å². The minimum Gasteiger partial charge on any atom is -0.511 e. The molecule has 2 rings (SSSR count). The van der Waals surface area contributed by atoms with Crippen LogP contribution in [-0.4, -0.2) is 29.7 Å². The predicted molar refractivity (Wildman–Crippen MR) is 91.0 cm³/mol. The molecule has 0 unspecified atom stereocenters. The van der Waals surface area contributed by atoms with E-state index < -0.39 is 5.97 Å². The fourth-order valence-corrected chi connectivity index (χ4v) is 2.65. The van der Waals surface area contributed by atoms with E-state index in [0.717, 1.165) is 10.2 Å². The number of methoxy groups -OCH3 is 1. The zero-order chi connectivity index (χ0) is 16.8. The van der Waals surface area contributed by atoms with E-state index in [0.29, 0.717) is 25.0 Å². The van der Waals surface area contributed by atoms with Gasteiger partial charge in [0.2, 0.25) is 0 Å². The van der Waals surface area contributed by atoms with Crippen LogP contribution in [0.5, 0.6) is 0 Å². The number of aliphatic hydroxyl groups is 1. The molecule has 6 heteroatoms. The summed E-state index contributed by atoms with van der Waals surface area (Å²) in [5, 5.41) is 10.2. The first-order chi connectivity index (χ1) is 11.0. The van der Waals surface area contributed by atoms with E-state index in [2.05, 4.69) is 25.7 Å². The molecule has 0 amide bonds. The Hall–Kier alpha value is -1.95. The second-order valence-electron chi connectivity index (χ2n) is 5.21. The first kappa shape index (κ1) is 17.4. The molecule has 0 heterocycles. The van der Waals surface area contributed by atoms with E-state index in [1.165, 1.54) is 7.11 Å². The summed E-state index contributed by atoms with van der Waals surface area (Å²) in [6, 6.07) is 7.40. The fraction of sp³-hybridized carbons (Fsp3) is 0.353. The molecule has 0 aromatic heterocycles. The fourth-order valence-electron chi connectivity index (χ4n) is 2.39. The lowest BCUT2D eigenvalue weighted by molar-refractivity contribution is -0.140. The molecule has 0 saturated heterocycles. The van der Waals surface area contributed by atoms with Gasteiger partial charge in [0, 0.05) is 17.3 Å². The Labute approximate surface area is 143 Å². The highest BCUT2D eigenvalue weighted by atomic mass is 79.9. The smallest absolute Gasteiger partial charge is 0.305 e. The number of ether oxygens (including phenoxy) is 1. The van der Waals surface area contributed by atoms with Crippen molar-refractivity contribution in [3.05, 3.63) is 40.1 Å². The van der Waals surface area contributed by atoms with E-state index in [1.807, 2.05) is 24.3 Å². The zero-order valence-corrected chi connectivity index (χ0v) is 14.4. The van der Waals surface area contributed by atoms with E-state index in [4.69, 9.17) is 0 Å². The summed E-state index contributed by atoms with van der Waals surface area (Å²) in [7, 11) is 1.29. The van der Waals surface area contributed by atoms with Crippen LogP contribution in [0.1, 0.15) is 32.1 Å². The van der Waals surface area contributed by atoms with E-state index in [-0.39, 0.29) is 30.0 Å². The number of carbonyl (C=O) groups is 2. The van der Waals surface area contributed by atoms with Gasteiger partial charge in [-0.1, -0.05) is 15.9 Å². The first-order valence-electron chi connectivity index (χ1n) is 7.37. The van der Waals surface area contributed by atoms with Crippen LogP contribution >= 0.6 is 15.9 Å².